The zero-order valence-corrected chi connectivity index (χ0v) is 9.88. The molecular weight excluding hydrogens is 204 g/mol. The number of benzene rings is 1. The molecule has 0 aliphatic heterocycles. The second kappa shape index (κ2) is 4.74. The normalized spacial score (nSPS) is 14.4. The molecule has 0 atom stereocenters. The minimum absolute atomic E-state index is 0.00713. The standard InChI is InChI=1S/C13H18O3/c1-15-12-7-9(8-14)13(16-2)11-6-4-3-5-10(11)12/h7,14H,3-6,8H2,1-2H3. The van der Waals surface area contributed by atoms with Gasteiger partial charge in [-0.15, -0.1) is 0 Å². The summed E-state index contributed by atoms with van der Waals surface area (Å²) in [7, 11) is 3.34. The van der Waals surface area contributed by atoms with Gasteiger partial charge in [0, 0.05) is 16.7 Å². The van der Waals surface area contributed by atoms with E-state index < -0.39 is 0 Å². The van der Waals surface area contributed by atoms with Gasteiger partial charge in [0.25, 0.3) is 0 Å². The third-order valence-electron chi connectivity index (χ3n) is 3.23. The average molecular weight is 222 g/mol. The molecule has 0 heterocycles. The van der Waals surface area contributed by atoms with E-state index in [-0.39, 0.29) is 6.61 Å². The molecule has 2 rings (SSSR count). The van der Waals surface area contributed by atoms with Crippen molar-refractivity contribution in [2.75, 3.05) is 14.2 Å². The number of ether oxygens (including phenoxy) is 2. The maximum absolute atomic E-state index is 9.34. The number of methoxy groups -OCH3 is 2. The van der Waals surface area contributed by atoms with Gasteiger partial charge in [0.1, 0.15) is 11.5 Å². The van der Waals surface area contributed by atoms with Crippen molar-refractivity contribution in [3.05, 3.63) is 22.8 Å². The van der Waals surface area contributed by atoms with Gasteiger partial charge in [-0.2, -0.15) is 0 Å². The largest absolute Gasteiger partial charge is 0.496 e. The molecule has 1 aromatic rings. The summed E-state index contributed by atoms with van der Waals surface area (Å²) in [5, 5.41) is 9.34. The van der Waals surface area contributed by atoms with Crippen molar-refractivity contribution >= 4 is 0 Å². The van der Waals surface area contributed by atoms with Gasteiger partial charge in [-0.3, -0.25) is 0 Å². The molecule has 0 saturated heterocycles. The summed E-state index contributed by atoms with van der Waals surface area (Å²) in [6.45, 7) is -0.00713. The van der Waals surface area contributed by atoms with Crippen LogP contribution in [-0.2, 0) is 19.4 Å². The van der Waals surface area contributed by atoms with E-state index >= 15 is 0 Å². The highest BCUT2D eigenvalue weighted by Gasteiger charge is 2.21. The maximum Gasteiger partial charge on any atom is 0.128 e. The summed E-state index contributed by atoms with van der Waals surface area (Å²) in [6.07, 6.45) is 4.44. The first-order valence-electron chi connectivity index (χ1n) is 5.68. The Labute approximate surface area is 96.0 Å². The molecule has 3 nitrogen and oxygen atoms in total. The molecule has 88 valence electrons. The van der Waals surface area contributed by atoms with Crippen LogP contribution in [0.4, 0.5) is 0 Å². The van der Waals surface area contributed by atoms with Crippen LogP contribution in [-0.4, -0.2) is 19.3 Å². The minimum Gasteiger partial charge on any atom is -0.496 e. The van der Waals surface area contributed by atoms with Crippen LogP contribution in [0.5, 0.6) is 11.5 Å². The number of hydrogen-bond donors (Lipinski definition) is 1. The Morgan fingerprint density at radius 2 is 1.81 bits per heavy atom. The summed E-state index contributed by atoms with van der Waals surface area (Å²) >= 11 is 0. The first-order valence-corrected chi connectivity index (χ1v) is 5.68. The topological polar surface area (TPSA) is 38.7 Å². The van der Waals surface area contributed by atoms with Crippen molar-refractivity contribution in [3.8, 4) is 11.5 Å². The van der Waals surface area contributed by atoms with E-state index in [1.54, 1.807) is 14.2 Å². The van der Waals surface area contributed by atoms with Crippen LogP contribution in [0.25, 0.3) is 0 Å². The van der Waals surface area contributed by atoms with E-state index in [1.165, 1.54) is 24.0 Å². The minimum atomic E-state index is -0.00713. The molecule has 0 radical (unpaired) electrons. The van der Waals surface area contributed by atoms with Gasteiger partial charge in [0.2, 0.25) is 0 Å². The Balaban J connectivity index is 2.60. The van der Waals surface area contributed by atoms with Crippen LogP contribution in [0, 0.1) is 0 Å². The lowest BCUT2D eigenvalue weighted by Gasteiger charge is -2.23. The van der Waals surface area contributed by atoms with E-state index in [1.807, 2.05) is 6.07 Å². The molecule has 0 saturated carbocycles. The molecule has 3 heteroatoms. The summed E-state index contributed by atoms with van der Waals surface area (Å²) in [4.78, 5) is 0. The molecule has 0 aromatic heterocycles. The van der Waals surface area contributed by atoms with Crippen molar-refractivity contribution < 1.29 is 14.6 Å². The number of hydrogen-bond acceptors (Lipinski definition) is 3. The molecule has 1 N–H and O–H groups in total. The highest BCUT2D eigenvalue weighted by molar-refractivity contribution is 5.54. The fourth-order valence-corrected chi connectivity index (χ4v) is 2.49. The molecule has 0 fully saturated rings. The lowest BCUT2D eigenvalue weighted by Crippen LogP contribution is -2.09. The van der Waals surface area contributed by atoms with Gasteiger partial charge in [0.15, 0.2) is 0 Å². The van der Waals surface area contributed by atoms with Crippen LogP contribution < -0.4 is 9.47 Å². The SMILES string of the molecule is COc1cc(CO)c(OC)c2c1CCCC2. The molecule has 0 spiro atoms. The second-order valence-electron chi connectivity index (χ2n) is 4.09. The summed E-state index contributed by atoms with van der Waals surface area (Å²) in [5.74, 6) is 1.73. The average Bonchev–Trinajstić information content (AvgIpc) is 2.36. The van der Waals surface area contributed by atoms with Gasteiger partial charge in [0.05, 0.1) is 20.8 Å². The summed E-state index contributed by atoms with van der Waals surface area (Å²) in [5.41, 5.74) is 3.29. The zero-order chi connectivity index (χ0) is 11.5. The van der Waals surface area contributed by atoms with Gasteiger partial charge >= 0.3 is 0 Å². The van der Waals surface area contributed by atoms with Crippen LogP contribution in [0.15, 0.2) is 6.07 Å². The smallest absolute Gasteiger partial charge is 0.128 e. The number of aliphatic hydroxyl groups is 1. The monoisotopic (exact) mass is 222 g/mol. The highest BCUT2D eigenvalue weighted by Crippen LogP contribution is 2.38. The third kappa shape index (κ3) is 1.76. The quantitative estimate of drug-likeness (QED) is 0.851. The maximum atomic E-state index is 9.34. The lowest BCUT2D eigenvalue weighted by atomic mass is 9.88. The molecule has 1 aliphatic rings. The van der Waals surface area contributed by atoms with Crippen molar-refractivity contribution in [3.63, 3.8) is 0 Å². The predicted molar refractivity (Wildman–Crippen MR) is 62.1 cm³/mol. The highest BCUT2D eigenvalue weighted by atomic mass is 16.5. The Morgan fingerprint density at radius 1 is 1.12 bits per heavy atom. The Morgan fingerprint density at radius 3 is 2.38 bits per heavy atom. The van der Waals surface area contributed by atoms with E-state index in [0.717, 1.165) is 29.9 Å². The van der Waals surface area contributed by atoms with Crippen LogP contribution in [0.2, 0.25) is 0 Å². The van der Waals surface area contributed by atoms with Crippen molar-refractivity contribution in [2.24, 2.45) is 0 Å². The molecule has 1 aromatic carbocycles. The fraction of sp³-hybridized carbons (Fsp3) is 0.538. The fourth-order valence-electron chi connectivity index (χ4n) is 2.49. The Kier molecular flexibility index (Phi) is 3.34. The van der Waals surface area contributed by atoms with E-state index in [9.17, 15) is 5.11 Å². The molecule has 0 amide bonds. The number of fused-ring (bicyclic) bond motifs is 1. The number of rotatable bonds is 3. The molecule has 0 bridgehead atoms. The zero-order valence-electron chi connectivity index (χ0n) is 9.88. The molecule has 0 unspecified atom stereocenters. The van der Waals surface area contributed by atoms with Crippen LogP contribution >= 0.6 is 0 Å². The van der Waals surface area contributed by atoms with Crippen LogP contribution in [0.1, 0.15) is 29.5 Å². The van der Waals surface area contributed by atoms with Crippen molar-refractivity contribution in [2.45, 2.75) is 32.3 Å². The lowest BCUT2D eigenvalue weighted by molar-refractivity contribution is 0.271. The van der Waals surface area contributed by atoms with E-state index in [0.29, 0.717) is 0 Å². The van der Waals surface area contributed by atoms with Gasteiger partial charge < -0.3 is 14.6 Å². The van der Waals surface area contributed by atoms with Gasteiger partial charge in [-0.05, 0) is 31.7 Å². The Bertz CT molecular complexity index is 363. The summed E-state index contributed by atoms with van der Waals surface area (Å²) in [6, 6.07) is 1.89. The van der Waals surface area contributed by atoms with Crippen molar-refractivity contribution in [1.29, 1.82) is 0 Å². The number of aliphatic hydroxyl groups excluding tert-OH is 1. The predicted octanol–water partition coefficient (Wildman–Crippen LogP) is 2.07. The first kappa shape index (κ1) is 11.3. The van der Waals surface area contributed by atoms with E-state index in [2.05, 4.69) is 0 Å². The van der Waals surface area contributed by atoms with Crippen LogP contribution in [0.3, 0.4) is 0 Å². The van der Waals surface area contributed by atoms with Gasteiger partial charge in [-0.25, -0.2) is 0 Å². The summed E-state index contributed by atoms with van der Waals surface area (Å²) < 4.78 is 10.8. The molecule has 1 aliphatic carbocycles. The van der Waals surface area contributed by atoms with E-state index in [4.69, 9.17) is 9.47 Å². The third-order valence-corrected chi connectivity index (χ3v) is 3.23. The van der Waals surface area contributed by atoms with Gasteiger partial charge in [-0.1, -0.05) is 0 Å². The Hall–Kier alpha value is -1.22. The molecular formula is C13H18O3. The second-order valence-corrected chi connectivity index (χ2v) is 4.09. The first-order chi connectivity index (χ1) is 7.81. The van der Waals surface area contributed by atoms with Crippen molar-refractivity contribution in [1.82, 2.24) is 0 Å². The molecule has 16 heavy (non-hydrogen) atoms.